The summed E-state index contributed by atoms with van der Waals surface area (Å²) in [4.78, 5) is 10.8. The minimum atomic E-state index is -1.03. The Hall–Kier alpha value is -1.27. The summed E-state index contributed by atoms with van der Waals surface area (Å²) in [5, 5.41) is 8.87. The van der Waals surface area contributed by atoms with Crippen molar-refractivity contribution in [3.05, 3.63) is 30.1 Å². The van der Waals surface area contributed by atoms with Gasteiger partial charge in [-0.2, -0.15) is 0 Å². The van der Waals surface area contributed by atoms with Crippen LogP contribution in [0.15, 0.2) is 24.3 Å². The first kappa shape index (κ1) is 15.8. The van der Waals surface area contributed by atoms with Crippen molar-refractivity contribution in [1.82, 2.24) is 0 Å². The number of hydrogen-bond donors (Lipinski definition) is 2. The van der Waals surface area contributed by atoms with Crippen molar-refractivity contribution < 1.29 is 19.0 Å². The first-order valence-electron chi connectivity index (χ1n) is 5.84. The Morgan fingerprint density at radius 2 is 2.16 bits per heavy atom. The third-order valence-electron chi connectivity index (χ3n) is 2.67. The molecule has 1 aromatic rings. The normalized spacial score (nSPS) is 13.1. The summed E-state index contributed by atoms with van der Waals surface area (Å²) in [5.74, 6) is -0.715. The third kappa shape index (κ3) is 4.72. The average Bonchev–Trinajstić information content (AvgIpc) is 2.35. The van der Waals surface area contributed by atoms with Crippen molar-refractivity contribution in [1.29, 1.82) is 0 Å². The molecule has 6 heteroatoms. The molecule has 0 aliphatic heterocycles. The summed E-state index contributed by atoms with van der Waals surface area (Å²) in [6, 6.07) is 5.20. The maximum absolute atomic E-state index is 13.3. The van der Waals surface area contributed by atoms with Gasteiger partial charge in [0, 0.05) is 10.5 Å². The van der Waals surface area contributed by atoms with Crippen LogP contribution < -0.4 is 10.5 Å². The van der Waals surface area contributed by atoms with Crippen molar-refractivity contribution in [3.8, 4) is 5.75 Å². The molecule has 0 aliphatic carbocycles. The summed E-state index contributed by atoms with van der Waals surface area (Å²) < 4.78 is 17.9. The van der Waals surface area contributed by atoms with E-state index in [-0.39, 0.29) is 5.75 Å². The quantitative estimate of drug-likeness (QED) is 0.752. The minimum absolute atomic E-state index is 0.198. The van der Waals surface area contributed by atoms with Gasteiger partial charge in [0.2, 0.25) is 0 Å². The number of para-hydroxylation sites is 1. The van der Waals surface area contributed by atoms with Crippen LogP contribution in [0.25, 0.3) is 0 Å². The van der Waals surface area contributed by atoms with Crippen LogP contribution in [0, 0.1) is 5.82 Å². The fraction of sp³-hybridized carbons (Fsp3) is 0.462. The van der Waals surface area contributed by atoms with Gasteiger partial charge in [0.1, 0.15) is 6.04 Å². The number of aliphatic carboxylic acids is 1. The molecule has 0 heterocycles. The van der Waals surface area contributed by atoms with Crippen LogP contribution in [0.1, 0.15) is 13.8 Å². The van der Waals surface area contributed by atoms with Gasteiger partial charge in [-0.15, -0.1) is 11.8 Å². The molecule has 0 aliphatic rings. The van der Waals surface area contributed by atoms with Gasteiger partial charge >= 0.3 is 5.97 Å². The van der Waals surface area contributed by atoms with E-state index in [9.17, 15) is 9.18 Å². The highest BCUT2D eigenvalue weighted by Gasteiger charge is 2.32. The maximum Gasteiger partial charge on any atom is 0.321 e. The van der Waals surface area contributed by atoms with Gasteiger partial charge in [-0.25, -0.2) is 4.39 Å². The molecule has 0 bridgehead atoms. The summed E-state index contributed by atoms with van der Waals surface area (Å²) >= 11 is 1.39. The molecular formula is C13H18FNO3S. The SMILES string of the molecule is CC(C)(SCCOc1ccccc1F)[C@H](N)C(=O)O. The Morgan fingerprint density at radius 1 is 1.53 bits per heavy atom. The molecule has 0 spiro atoms. The smallest absolute Gasteiger partial charge is 0.321 e. The predicted molar refractivity (Wildman–Crippen MR) is 74.0 cm³/mol. The van der Waals surface area contributed by atoms with E-state index in [0.717, 1.165) is 0 Å². The van der Waals surface area contributed by atoms with Crippen LogP contribution in [0.2, 0.25) is 0 Å². The first-order valence-corrected chi connectivity index (χ1v) is 6.83. The van der Waals surface area contributed by atoms with Gasteiger partial charge in [-0.3, -0.25) is 4.79 Å². The van der Waals surface area contributed by atoms with Gasteiger partial charge in [0.05, 0.1) is 6.61 Å². The van der Waals surface area contributed by atoms with Crippen LogP contribution in [0.3, 0.4) is 0 Å². The summed E-state index contributed by atoms with van der Waals surface area (Å²) in [5.41, 5.74) is 5.59. The van der Waals surface area contributed by atoms with Crippen molar-refractivity contribution in [2.75, 3.05) is 12.4 Å². The van der Waals surface area contributed by atoms with E-state index >= 15 is 0 Å². The highest BCUT2D eigenvalue weighted by Crippen LogP contribution is 2.27. The van der Waals surface area contributed by atoms with Gasteiger partial charge < -0.3 is 15.6 Å². The summed E-state index contributed by atoms with van der Waals surface area (Å²) in [7, 11) is 0. The molecule has 0 aromatic heterocycles. The van der Waals surface area contributed by atoms with Gasteiger partial charge in [-0.05, 0) is 26.0 Å². The molecule has 0 unspecified atom stereocenters. The molecule has 0 saturated carbocycles. The molecule has 0 radical (unpaired) electrons. The van der Waals surface area contributed by atoms with Crippen LogP contribution >= 0.6 is 11.8 Å². The zero-order valence-electron chi connectivity index (χ0n) is 10.9. The molecule has 3 N–H and O–H groups in total. The zero-order valence-corrected chi connectivity index (χ0v) is 11.7. The van der Waals surface area contributed by atoms with E-state index in [1.54, 1.807) is 32.0 Å². The van der Waals surface area contributed by atoms with E-state index in [1.807, 2.05) is 0 Å². The minimum Gasteiger partial charge on any atom is -0.490 e. The predicted octanol–water partition coefficient (Wildman–Crippen LogP) is 2.13. The standard InChI is InChI=1S/C13H18FNO3S/c1-13(2,11(15)12(16)17)19-8-7-18-10-6-4-3-5-9(10)14/h3-6,11H,7-8,15H2,1-2H3,(H,16,17)/t11-/m1/s1. The van der Waals surface area contributed by atoms with Crippen molar-refractivity contribution in [2.24, 2.45) is 5.73 Å². The number of benzene rings is 1. The topological polar surface area (TPSA) is 72.5 Å². The van der Waals surface area contributed by atoms with Crippen LogP contribution in [-0.4, -0.2) is 34.2 Å². The van der Waals surface area contributed by atoms with Crippen molar-refractivity contribution in [3.63, 3.8) is 0 Å². The molecule has 1 atom stereocenters. The van der Waals surface area contributed by atoms with Crippen LogP contribution in [0.5, 0.6) is 5.75 Å². The first-order chi connectivity index (χ1) is 8.84. The van der Waals surface area contributed by atoms with E-state index in [0.29, 0.717) is 12.4 Å². The van der Waals surface area contributed by atoms with E-state index < -0.39 is 22.6 Å². The Kier molecular flexibility index (Phi) is 5.62. The lowest BCUT2D eigenvalue weighted by atomic mass is 10.1. The van der Waals surface area contributed by atoms with E-state index in [1.165, 1.54) is 17.8 Å². The Labute approximate surface area is 116 Å². The van der Waals surface area contributed by atoms with E-state index in [4.69, 9.17) is 15.6 Å². The number of carbonyl (C=O) groups is 1. The zero-order chi connectivity index (χ0) is 14.5. The number of thioether (sulfide) groups is 1. The number of nitrogens with two attached hydrogens (primary N) is 1. The second-order valence-electron chi connectivity index (χ2n) is 4.55. The lowest BCUT2D eigenvalue weighted by molar-refractivity contribution is -0.139. The molecule has 0 saturated heterocycles. The van der Waals surface area contributed by atoms with Crippen molar-refractivity contribution in [2.45, 2.75) is 24.6 Å². The number of carboxylic acids is 1. The second-order valence-corrected chi connectivity index (χ2v) is 6.30. The molecular weight excluding hydrogens is 269 g/mol. The number of rotatable bonds is 7. The van der Waals surface area contributed by atoms with Gasteiger partial charge in [-0.1, -0.05) is 12.1 Å². The van der Waals surface area contributed by atoms with Gasteiger partial charge in [0.25, 0.3) is 0 Å². The lowest BCUT2D eigenvalue weighted by Gasteiger charge is -2.27. The van der Waals surface area contributed by atoms with E-state index in [2.05, 4.69) is 0 Å². The molecule has 1 aromatic carbocycles. The summed E-state index contributed by atoms with van der Waals surface area (Å²) in [6.45, 7) is 3.82. The lowest BCUT2D eigenvalue weighted by Crippen LogP contribution is -2.47. The fourth-order valence-corrected chi connectivity index (χ4v) is 2.38. The Bertz CT molecular complexity index is 440. The molecule has 0 amide bonds. The van der Waals surface area contributed by atoms with Crippen LogP contribution in [0.4, 0.5) is 4.39 Å². The molecule has 0 fully saturated rings. The second kappa shape index (κ2) is 6.77. The average molecular weight is 287 g/mol. The Balaban J connectivity index is 2.39. The number of carboxylic acid groups (broad SMARTS) is 1. The number of hydrogen-bond acceptors (Lipinski definition) is 4. The highest BCUT2D eigenvalue weighted by atomic mass is 32.2. The number of ether oxygens (including phenoxy) is 1. The highest BCUT2D eigenvalue weighted by molar-refractivity contribution is 8.00. The monoisotopic (exact) mass is 287 g/mol. The third-order valence-corrected chi connectivity index (χ3v) is 4.04. The molecule has 4 nitrogen and oxygen atoms in total. The summed E-state index contributed by atoms with van der Waals surface area (Å²) in [6.07, 6.45) is 0. The fourth-order valence-electron chi connectivity index (χ4n) is 1.41. The maximum atomic E-state index is 13.3. The number of halogens is 1. The van der Waals surface area contributed by atoms with Gasteiger partial charge in [0.15, 0.2) is 11.6 Å². The Morgan fingerprint density at radius 3 is 2.74 bits per heavy atom. The van der Waals surface area contributed by atoms with Crippen molar-refractivity contribution >= 4 is 17.7 Å². The van der Waals surface area contributed by atoms with Crippen LogP contribution in [-0.2, 0) is 4.79 Å². The molecule has 1 rings (SSSR count). The molecule has 19 heavy (non-hydrogen) atoms. The molecule has 106 valence electrons. The largest absolute Gasteiger partial charge is 0.490 e.